The molecule has 0 amide bonds. The molecule has 0 spiro atoms. The second-order valence-electron chi connectivity index (χ2n) is 7.77. The molecule has 30 heavy (non-hydrogen) atoms. The number of imidazole rings is 1. The number of aliphatic imine (C=N–C) groups is 1. The molecule has 1 saturated carbocycles. The number of rotatable bonds is 8. The Labute approximate surface area is 177 Å². The molecule has 2 aromatic carbocycles. The number of hydrogen-bond donors (Lipinski definition) is 2. The maximum Gasteiger partial charge on any atom is 0.191 e. The largest absolute Gasteiger partial charge is 0.357 e. The van der Waals surface area contributed by atoms with E-state index in [-0.39, 0.29) is 11.2 Å². The Morgan fingerprint density at radius 3 is 2.60 bits per heavy atom. The van der Waals surface area contributed by atoms with Crippen molar-refractivity contribution in [3.05, 3.63) is 89.8 Å². The highest BCUT2D eigenvalue weighted by Gasteiger charge is 2.45. The van der Waals surface area contributed by atoms with E-state index in [1.54, 1.807) is 12.1 Å². The number of hydrogen-bond acceptors (Lipinski definition) is 2. The molecule has 0 atom stereocenters. The van der Waals surface area contributed by atoms with Crippen LogP contribution in [-0.2, 0) is 18.5 Å². The van der Waals surface area contributed by atoms with Gasteiger partial charge in [-0.25, -0.2) is 14.4 Å². The fourth-order valence-electron chi connectivity index (χ4n) is 3.74. The third-order valence-electron chi connectivity index (χ3n) is 5.61. The van der Waals surface area contributed by atoms with Crippen molar-refractivity contribution in [3.63, 3.8) is 0 Å². The van der Waals surface area contributed by atoms with Crippen LogP contribution >= 0.6 is 0 Å². The number of aromatic nitrogens is 2. The molecule has 0 saturated heterocycles. The first kappa shape index (κ1) is 20.1. The molecule has 1 heterocycles. The summed E-state index contributed by atoms with van der Waals surface area (Å²) in [5, 5.41) is 6.70. The van der Waals surface area contributed by atoms with Crippen LogP contribution in [0.1, 0.15) is 36.7 Å². The maximum atomic E-state index is 14.3. The molecule has 1 aliphatic carbocycles. The highest BCUT2D eigenvalue weighted by atomic mass is 19.1. The Bertz CT molecular complexity index is 992. The minimum Gasteiger partial charge on any atom is -0.357 e. The average molecular weight is 406 g/mol. The predicted octanol–water partition coefficient (Wildman–Crippen LogP) is 3.86. The van der Waals surface area contributed by atoms with Gasteiger partial charge in [0.2, 0.25) is 0 Å². The first-order chi connectivity index (χ1) is 14.7. The lowest BCUT2D eigenvalue weighted by atomic mass is 9.95. The van der Waals surface area contributed by atoms with E-state index in [1.807, 2.05) is 49.6 Å². The average Bonchev–Trinajstić information content (AvgIpc) is 3.43. The Morgan fingerprint density at radius 2 is 1.87 bits per heavy atom. The van der Waals surface area contributed by atoms with E-state index in [9.17, 15) is 4.39 Å². The van der Waals surface area contributed by atoms with E-state index < -0.39 is 0 Å². The predicted molar refractivity (Wildman–Crippen MR) is 118 cm³/mol. The van der Waals surface area contributed by atoms with Crippen molar-refractivity contribution in [2.45, 2.75) is 38.3 Å². The van der Waals surface area contributed by atoms with Gasteiger partial charge in [0.15, 0.2) is 5.96 Å². The van der Waals surface area contributed by atoms with Crippen molar-refractivity contribution in [2.24, 2.45) is 4.99 Å². The summed E-state index contributed by atoms with van der Waals surface area (Å²) in [6.07, 6.45) is 5.77. The summed E-state index contributed by atoms with van der Waals surface area (Å²) in [5.74, 6) is 1.52. The fourth-order valence-corrected chi connectivity index (χ4v) is 3.74. The topological polar surface area (TPSA) is 54.2 Å². The van der Waals surface area contributed by atoms with Crippen LogP contribution in [0.5, 0.6) is 0 Å². The summed E-state index contributed by atoms with van der Waals surface area (Å²) in [5.41, 5.74) is 1.89. The van der Waals surface area contributed by atoms with Gasteiger partial charge in [-0.1, -0.05) is 48.5 Å². The van der Waals surface area contributed by atoms with Crippen LogP contribution in [0.4, 0.5) is 4.39 Å². The first-order valence-corrected chi connectivity index (χ1v) is 10.5. The first-order valence-electron chi connectivity index (χ1n) is 10.5. The maximum absolute atomic E-state index is 14.3. The molecule has 0 aliphatic heterocycles. The van der Waals surface area contributed by atoms with Crippen molar-refractivity contribution in [1.29, 1.82) is 0 Å². The summed E-state index contributed by atoms with van der Waals surface area (Å²) in [7, 11) is 0. The van der Waals surface area contributed by atoms with Gasteiger partial charge in [0, 0.05) is 37.4 Å². The molecule has 0 radical (unpaired) electrons. The SMILES string of the molecule is CCNC(=NCc1nccn1Cc1ccccc1)NCC1(c2ccccc2F)CC1. The van der Waals surface area contributed by atoms with Crippen molar-refractivity contribution >= 4 is 5.96 Å². The standard InChI is InChI=1S/C24H28FN5/c1-2-26-23(29-18-24(12-13-24)20-10-6-7-11-21(20)25)28-16-22-27-14-15-30(22)17-19-8-4-3-5-9-19/h3-11,14-15H,2,12-13,16-18H2,1H3,(H2,26,28,29). The van der Waals surface area contributed by atoms with Crippen molar-refractivity contribution < 1.29 is 4.39 Å². The highest BCUT2D eigenvalue weighted by Crippen LogP contribution is 2.48. The molecular formula is C24H28FN5. The quantitative estimate of drug-likeness (QED) is 0.442. The van der Waals surface area contributed by atoms with Crippen LogP contribution in [0.3, 0.4) is 0 Å². The lowest BCUT2D eigenvalue weighted by Gasteiger charge is -2.19. The third kappa shape index (κ3) is 4.70. The fraction of sp³-hybridized carbons (Fsp3) is 0.333. The van der Waals surface area contributed by atoms with Crippen LogP contribution in [0.25, 0.3) is 0 Å². The van der Waals surface area contributed by atoms with Crippen LogP contribution in [0, 0.1) is 5.82 Å². The Hall–Kier alpha value is -3.15. The molecule has 1 aromatic heterocycles. The second kappa shape index (κ2) is 9.11. The molecule has 4 rings (SSSR count). The summed E-state index contributed by atoms with van der Waals surface area (Å²) in [6, 6.07) is 17.4. The minimum atomic E-state index is -0.132. The smallest absolute Gasteiger partial charge is 0.191 e. The van der Waals surface area contributed by atoms with Gasteiger partial charge >= 0.3 is 0 Å². The number of halogens is 1. The summed E-state index contributed by atoms with van der Waals surface area (Å²) in [4.78, 5) is 9.20. The van der Waals surface area contributed by atoms with Crippen LogP contribution < -0.4 is 10.6 Å². The zero-order valence-corrected chi connectivity index (χ0v) is 17.3. The lowest BCUT2D eigenvalue weighted by Crippen LogP contribution is -2.41. The van der Waals surface area contributed by atoms with E-state index in [0.717, 1.165) is 43.3 Å². The normalized spacial score (nSPS) is 15.1. The summed E-state index contributed by atoms with van der Waals surface area (Å²) in [6.45, 7) is 4.71. The van der Waals surface area contributed by atoms with Gasteiger partial charge in [-0.2, -0.15) is 0 Å². The highest BCUT2D eigenvalue weighted by molar-refractivity contribution is 5.79. The number of nitrogens with zero attached hydrogens (tertiary/aromatic N) is 3. The molecule has 3 aromatic rings. The summed E-state index contributed by atoms with van der Waals surface area (Å²) >= 11 is 0. The van der Waals surface area contributed by atoms with Crippen molar-refractivity contribution in [3.8, 4) is 0 Å². The van der Waals surface area contributed by atoms with Crippen LogP contribution in [0.2, 0.25) is 0 Å². The van der Waals surface area contributed by atoms with E-state index in [2.05, 4.69) is 32.3 Å². The van der Waals surface area contributed by atoms with Gasteiger partial charge in [0.1, 0.15) is 18.2 Å². The van der Waals surface area contributed by atoms with Crippen LogP contribution in [-0.4, -0.2) is 28.6 Å². The zero-order chi connectivity index (χ0) is 20.8. The monoisotopic (exact) mass is 405 g/mol. The molecule has 156 valence electrons. The number of nitrogens with one attached hydrogen (secondary N) is 2. The zero-order valence-electron chi connectivity index (χ0n) is 17.3. The van der Waals surface area contributed by atoms with Gasteiger partial charge in [-0.3, -0.25) is 0 Å². The van der Waals surface area contributed by atoms with Gasteiger partial charge in [-0.05, 0) is 37.0 Å². The van der Waals surface area contributed by atoms with Crippen molar-refractivity contribution in [1.82, 2.24) is 20.2 Å². The van der Waals surface area contributed by atoms with E-state index in [1.165, 1.54) is 5.56 Å². The van der Waals surface area contributed by atoms with E-state index >= 15 is 0 Å². The number of benzene rings is 2. The molecule has 2 N–H and O–H groups in total. The van der Waals surface area contributed by atoms with Gasteiger partial charge < -0.3 is 15.2 Å². The molecule has 5 nitrogen and oxygen atoms in total. The van der Waals surface area contributed by atoms with Gasteiger partial charge in [0.25, 0.3) is 0 Å². The lowest BCUT2D eigenvalue weighted by molar-refractivity contribution is 0.559. The molecule has 0 bridgehead atoms. The number of guanidine groups is 1. The summed E-state index contributed by atoms with van der Waals surface area (Å²) < 4.78 is 16.4. The second-order valence-corrected chi connectivity index (χ2v) is 7.77. The van der Waals surface area contributed by atoms with Crippen molar-refractivity contribution in [2.75, 3.05) is 13.1 Å². The van der Waals surface area contributed by atoms with Gasteiger partial charge in [-0.15, -0.1) is 0 Å². The van der Waals surface area contributed by atoms with Gasteiger partial charge in [0.05, 0.1) is 0 Å². The molecule has 0 unspecified atom stereocenters. The van der Waals surface area contributed by atoms with Crippen LogP contribution in [0.15, 0.2) is 72.0 Å². The third-order valence-corrected chi connectivity index (χ3v) is 5.61. The van der Waals surface area contributed by atoms with E-state index in [0.29, 0.717) is 13.1 Å². The molecule has 6 heteroatoms. The Morgan fingerprint density at radius 1 is 1.10 bits per heavy atom. The molecule has 1 fully saturated rings. The molecular weight excluding hydrogens is 377 g/mol. The molecule has 1 aliphatic rings. The Balaban J connectivity index is 1.42. The Kier molecular flexibility index (Phi) is 6.12. The minimum absolute atomic E-state index is 0.123. The van der Waals surface area contributed by atoms with E-state index in [4.69, 9.17) is 4.99 Å².